The maximum atomic E-state index is 12.0. The SMILES string of the molecule is Cc1c(C#N)cc([N+](=O)[O-])cc1OC(F)F. The van der Waals surface area contributed by atoms with E-state index in [0.717, 1.165) is 12.1 Å². The standard InChI is InChI=1S/C9H6F2N2O3/c1-5-6(4-12)2-7(13(14)15)3-8(5)16-9(10)11/h2-3,9H,1H3. The summed E-state index contributed by atoms with van der Waals surface area (Å²) in [4.78, 5) is 9.69. The van der Waals surface area contributed by atoms with Crippen LogP contribution in [-0.4, -0.2) is 11.5 Å². The molecule has 0 bridgehead atoms. The van der Waals surface area contributed by atoms with E-state index < -0.39 is 17.2 Å². The minimum absolute atomic E-state index is 0.0650. The molecule has 1 rings (SSSR count). The molecule has 0 saturated carbocycles. The van der Waals surface area contributed by atoms with Crippen LogP contribution in [0, 0.1) is 28.4 Å². The van der Waals surface area contributed by atoms with Crippen LogP contribution in [0.25, 0.3) is 0 Å². The summed E-state index contributed by atoms with van der Waals surface area (Å²) in [6.45, 7) is -1.72. The Kier molecular flexibility index (Phi) is 3.35. The monoisotopic (exact) mass is 228 g/mol. The normalized spacial score (nSPS) is 9.94. The van der Waals surface area contributed by atoms with Gasteiger partial charge in [0.05, 0.1) is 22.6 Å². The number of nitriles is 1. The summed E-state index contributed by atoms with van der Waals surface area (Å²) in [6.07, 6.45) is 0. The Labute approximate surface area is 89.0 Å². The van der Waals surface area contributed by atoms with E-state index in [1.807, 2.05) is 0 Å². The number of hydrogen-bond acceptors (Lipinski definition) is 4. The van der Waals surface area contributed by atoms with E-state index in [9.17, 15) is 18.9 Å². The first kappa shape index (κ1) is 11.8. The third kappa shape index (κ3) is 2.42. The number of benzene rings is 1. The molecule has 0 N–H and O–H groups in total. The fraction of sp³-hybridized carbons (Fsp3) is 0.222. The second-order valence-electron chi connectivity index (χ2n) is 2.86. The Balaban J connectivity index is 3.31. The molecule has 0 fully saturated rings. The second-order valence-corrected chi connectivity index (χ2v) is 2.86. The largest absolute Gasteiger partial charge is 0.434 e. The van der Waals surface area contributed by atoms with Gasteiger partial charge in [0.15, 0.2) is 0 Å². The van der Waals surface area contributed by atoms with Crippen LogP contribution in [0.1, 0.15) is 11.1 Å². The summed E-state index contributed by atoms with van der Waals surface area (Å²) in [7, 11) is 0. The molecule has 0 radical (unpaired) electrons. The highest BCUT2D eigenvalue weighted by molar-refractivity contribution is 5.53. The summed E-state index contributed by atoms with van der Waals surface area (Å²) in [6, 6.07) is 3.55. The summed E-state index contributed by atoms with van der Waals surface area (Å²) in [5, 5.41) is 19.1. The molecule has 0 aliphatic carbocycles. The molecule has 1 aromatic rings. The van der Waals surface area contributed by atoms with E-state index in [2.05, 4.69) is 4.74 Å². The van der Waals surface area contributed by atoms with Gasteiger partial charge in [0.1, 0.15) is 5.75 Å². The van der Waals surface area contributed by atoms with E-state index >= 15 is 0 Å². The van der Waals surface area contributed by atoms with E-state index in [1.165, 1.54) is 6.92 Å². The van der Waals surface area contributed by atoms with Crippen molar-refractivity contribution in [1.82, 2.24) is 0 Å². The van der Waals surface area contributed by atoms with Crippen molar-refractivity contribution in [2.45, 2.75) is 13.5 Å². The lowest BCUT2D eigenvalue weighted by atomic mass is 10.1. The number of nitrogens with zero attached hydrogens (tertiary/aromatic N) is 2. The molecular formula is C9H6F2N2O3. The molecule has 0 heterocycles. The molecule has 0 aliphatic heterocycles. The Bertz CT molecular complexity index is 469. The van der Waals surface area contributed by atoms with Crippen molar-refractivity contribution in [1.29, 1.82) is 5.26 Å². The van der Waals surface area contributed by atoms with Crippen LogP contribution in [0.5, 0.6) is 5.75 Å². The lowest BCUT2D eigenvalue weighted by Gasteiger charge is -2.08. The highest BCUT2D eigenvalue weighted by Crippen LogP contribution is 2.28. The number of alkyl halides is 2. The maximum Gasteiger partial charge on any atom is 0.387 e. The van der Waals surface area contributed by atoms with Crippen LogP contribution in [0.2, 0.25) is 0 Å². The van der Waals surface area contributed by atoms with Gasteiger partial charge < -0.3 is 4.74 Å². The first-order valence-corrected chi connectivity index (χ1v) is 4.09. The van der Waals surface area contributed by atoms with Gasteiger partial charge >= 0.3 is 6.61 Å². The quantitative estimate of drug-likeness (QED) is 0.587. The van der Waals surface area contributed by atoms with Gasteiger partial charge in [-0.25, -0.2) is 0 Å². The molecule has 5 nitrogen and oxygen atoms in total. The molecule has 84 valence electrons. The lowest BCUT2D eigenvalue weighted by molar-refractivity contribution is -0.385. The molecule has 0 aliphatic rings. The van der Waals surface area contributed by atoms with Gasteiger partial charge in [0.2, 0.25) is 0 Å². The molecule has 0 spiro atoms. The number of nitro benzene ring substituents is 1. The van der Waals surface area contributed by atoms with Crippen molar-refractivity contribution in [2.24, 2.45) is 0 Å². The molecule has 0 saturated heterocycles. The van der Waals surface area contributed by atoms with Crippen molar-refractivity contribution < 1.29 is 18.4 Å². The van der Waals surface area contributed by atoms with Crippen LogP contribution in [-0.2, 0) is 0 Å². The highest BCUT2D eigenvalue weighted by Gasteiger charge is 2.17. The van der Waals surface area contributed by atoms with Crippen LogP contribution < -0.4 is 4.74 Å². The zero-order valence-electron chi connectivity index (χ0n) is 8.11. The number of non-ortho nitro benzene ring substituents is 1. The number of hydrogen-bond donors (Lipinski definition) is 0. The van der Waals surface area contributed by atoms with Gasteiger partial charge in [-0.15, -0.1) is 0 Å². The van der Waals surface area contributed by atoms with Gasteiger partial charge in [0, 0.05) is 11.6 Å². The third-order valence-electron chi connectivity index (χ3n) is 1.89. The van der Waals surface area contributed by atoms with Gasteiger partial charge in [-0.1, -0.05) is 0 Å². The average molecular weight is 228 g/mol. The molecule has 0 unspecified atom stereocenters. The number of ether oxygens (including phenoxy) is 1. The molecule has 16 heavy (non-hydrogen) atoms. The fourth-order valence-corrected chi connectivity index (χ4v) is 1.11. The average Bonchev–Trinajstić information content (AvgIpc) is 2.20. The van der Waals surface area contributed by atoms with Crippen molar-refractivity contribution in [2.75, 3.05) is 0 Å². The minimum atomic E-state index is -3.09. The Morgan fingerprint density at radius 2 is 2.19 bits per heavy atom. The molecule has 0 atom stereocenters. The highest BCUT2D eigenvalue weighted by atomic mass is 19.3. The summed E-state index contributed by atoms with van der Waals surface area (Å²) >= 11 is 0. The van der Waals surface area contributed by atoms with Crippen LogP contribution in [0.4, 0.5) is 14.5 Å². The Morgan fingerprint density at radius 1 is 1.56 bits per heavy atom. The van der Waals surface area contributed by atoms with Crippen LogP contribution in [0.3, 0.4) is 0 Å². The molecule has 1 aromatic carbocycles. The van der Waals surface area contributed by atoms with Gasteiger partial charge in [-0.05, 0) is 6.92 Å². The van der Waals surface area contributed by atoms with Crippen molar-refractivity contribution in [3.05, 3.63) is 33.4 Å². The number of halogens is 2. The first-order chi connectivity index (χ1) is 7.45. The molecule has 0 aromatic heterocycles. The maximum absolute atomic E-state index is 12.0. The zero-order chi connectivity index (χ0) is 12.3. The lowest BCUT2D eigenvalue weighted by Crippen LogP contribution is -2.05. The van der Waals surface area contributed by atoms with Gasteiger partial charge in [-0.3, -0.25) is 10.1 Å². The van der Waals surface area contributed by atoms with Gasteiger partial charge in [-0.2, -0.15) is 14.0 Å². The second kappa shape index (κ2) is 4.53. The number of nitro groups is 1. The predicted molar refractivity (Wildman–Crippen MR) is 49.2 cm³/mol. The number of rotatable bonds is 3. The fourth-order valence-electron chi connectivity index (χ4n) is 1.11. The smallest absolute Gasteiger partial charge is 0.387 e. The Morgan fingerprint density at radius 3 is 2.62 bits per heavy atom. The summed E-state index contributed by atoms with van der Waals surface area (Å²) in [5.74, 6) is -0.360. The predicted octanol–water partition coefficient (Wildman–Crippen LogP) is 2.38. The van der Waals surface area contributed by atoms with Crippen molar-refractivity contribution >= 4 is 5.69 Å². The summed E-state index contributed by atoms with van der Waals surface area (Å²) in [5.41, 5.74) is -0.379. The van der Waals surface area contributed by atoms with Crippen molar-refractivity contribution in [3.8, 4) is 11.8 Å². The van der Waals surface area contributed by atoms with E-state index in [4.69, 9.17) is 5.26 Å². The summed E-state index contributed by atoms with van der Waals surface area (Å²) < 4.78 is 28.1. The van der Waals surface area contributed by atoms with Crippen LogP contribution in [0.15, 0.2) is 12.1 Å². The Hall–Kier alpha value is -2.23. The third-order valence-corrected chi connectivity index (χ3v) is 1.89. The molecule has 0 amide bonds. The molecule has 7 heteroatoms. The topological polar surface area (TPSA) is 76.2 Å². The minimum Gasteiger partial charge on any atom is -0.434 e. The van der Waals surface area contributed by atoms with E-state index in [-0.39, 0.29) is 16.9 Å². The molecular weight excluding hydrogens is 222 g/mol. The first-order valence-electron chi connectivity index (χ1n) is 4.09. The van der Waals surface area contributed by atoms with Gasteiger partial charge in [0.25, 0.3) is 5.69 Å². The van der Waals surface area contributed by atoms with Crippen LogP contribution >= 0.6 is 0 Å². The van der Waals surface area contributed by atoms with E-state index in [1.54, 1.807) is 6.07 Å². The zero-order valence-corrected chi connectivity index (χ0v) is 8.11. The van der Waals surface area contributed by atoms with E-state index in [0.29, 0.717) is 0 Å². The van der Waals surface area contributed by atoms with Crippen molar-refractivity contribution in [3.63, 3.8) is 0 Å².